The van der Waals surface area contributed by atoms with Gasteiger partial charge in [0.1, 0.15) is 0 Å². The summed E-state index contributed by atoms with van der Waals surface area (Å²) in [5.41, 5.74) is 2.02. The van der Waals surface area contributed by atoms with Gasteiger partial charge in [0, 0.05) is 41.9 Å². The quantitative estimate of drug-likeness (QED) is 0.758. The fourth-order valence-electron chi connectivity index (χ4n) is 3.56. The topological polar surface area (TPSA) is 84.1 Å². The van der Waals surface area contributed by atoms with Crippen molar-refractivity contribution in [1.29, 1.82) is 0 Å². The third-order valence-electron chi connectivity index (χ3n) is 4.74. The smallest absolute Gasteiger partial charge is 0.358 e. The van der Waals surface area contributed by atoms with Gasteiger partial charge in [-0.05, 0) is 43.0 Å². The molecule has 4 rings (SSSR count). The molecule has 1 N–H and O–H groups in total. The normalized spacial score (nSPS) is 17.6. The van der Waals surface area contributed by atoms with E-state index in [1.165, 1.54) is 6.20 Å². The van der Waals surface area contributed by atoms with Crippen LogP contribution in [0.5, 0.6) is 0 Å². The van der Waals surface area contributed by atoms with Crippen LogP contribution in [-0.4, -0.2) is 44.1 Å². The number of aromatic carboxylic acids is 1. The van der Waals surface area contributed by atoms with Crippen molar-refractivity contribution in [1.82, 2.24) is 20.0 Å². The van der Waals surface area contributed by atoms with E-state index in [2.05, 4.69) is 20.2 Å². The van der Waals surface area contributed by atoms with Gasteiger partial charge in [0.2, 0.25) is 0 Å². The zero-order valence-corrected chi connectivity index (χ0v) is 14.8. The third kappa shape index (κ3) is 3.35. The number of carboxylic acid groups (broad SMARTS) is 1. The fraction of sp³-hybridized carbons (Fsp3) is 0.333. The van der Waals surface area contributed by atoms with Crippen molar-refractivity contribution in [3.05, 3.63) is 47.4 Å². The number of pyridine rings is 1. The number of hydrogen-bond acceptors (Lipinski definition) is 5. The maximum atomic E-state index is 11.0. The van der Waals surface area contributed by atoms with Crippen molar-refractivity contribution in [2.75, 3.05) is 18.0 Å². The zero-order chi connectivity index (χ0) is 18.1. The number of carbonyl (C=O) groups is 1. The van der Waals surface area contributed by atoms with Gasteiger partial charge in [0.15, 0.2) is 5.69 Å². The van der Waals surface area contributed by atoms with Crippen LogP contribution in [0, 0.1) is 5.92 Å². The van der Waals surface area contributed by atoms with Gasteiger partial charge in [-0.15, -0.1) is 5.10 Å². The van der Waals surface area contributed by atoms with E-state index in [0.717, 1.165) is 42.5 Å². The molecule has 7 nitrogen and oxygen atoms in total. The predicted molar refractivity (Wildman–Crippen MR) is 98.7 cm³/mol. The highest BCUT2D eigenvalue weighted by atomic mass is 35.5. The van der Waals surface area contributed by atoms with Gasteiger partial charge in [0.05, 0.1) is 11.7 Å². The predicted octanol–water partition coefficient (Wildman–Crippen LogP) is 3.09. The van der Waals surface area contributed by atoms with Gasteiger partial charge in [-0.2, -0.15) is 0 Å². The molecule has 0 saturated carbocycles. The Morgan fingerprint density at radius 1 is 1.35 bits per heavy atom. The lowest BCUT2D eigenvalue weighted by atomic mass is 9.97. The molecule has 0 spiro atoms. The van der Waals surface area contributed by atoms with Crippen LogP contribution in [0.15, 0.2) is 36.7 Å². The van der Waals surface area contributed by atoms with Crippen molar-refractivity contribution < 1.29 is 9.90 Å². The van der Waals surface area contributed by atoms with E-state index in [-0.39, 0.29) is 5.69 Å². The molecule has 0 bridgehead atoms. The van der Waals surface area contributed by atoms with Gasteiger partial charge in [0.25, 0.3) is 0 Å². The molecule has 1 aromatic carbocycles. The minimum atomic E-state index is -1.05. The van der Waals surface area contributed by atoms with Crippen molar-refractivity contribution in [3.63, 3.8) is 0 Å². The summed E-state index contributed by atoms with van der Waals surface area (Å²) in [7, 11) is 0. The minimum Gasteiger partial charge on any atom is -0.476 e. The van der Waals surface area contributed by atoms with Crippen molar-refractivity contribution in [3.8, 4) is 0 Å². The molecule has 1 saturated heterocycles. The lowest BCUT2D eigenvalue weighted by Crippen LogP contribution is -2.37. The second kappa shape index (κ2) is 6.92. The highest BCUT2D eigenvalue weighted by Crippen LogP contribution is 2.31. The summed E-state index contributed by atoms with van der Waals surface area (Å²) in [6.45, 7) is 2.52. The van der Waals surface area contributed by atoms with Crippen LogP contribution in [-0.2, 0) is 6.54 Å². The van der Waals surface area contributed by atoms with E-state index >= 15 is 0 Å². The highest BCUT2D eigenvalue weighted by Gasteiger charge is 2.23. The highest BCUT2D eigenvalue weighted by molar-refractivity contribution is 6.31. The maximum absolute atomic E-state index is 11.0. The molecule has 0 aliphatic carbocycles. The number of benzene rings is 1. The number of halogens is 1. The summed E-state index contributed by atoms with van der Waals surface area (Å²) < 4.78 is 1.63. The SMILES string of the molecule is O=C(O)c1cn(CC2CCCN(c3ccnc4cc(Cl)ccc34)C2)nn1. The first-order valence-electron chi connectivity index (χ1n) is 8.53. The van der Waals surface area contributed by atoms with Crippen LogP contribution in [0.1, 0.15) is 23.3 Å². The molecule has 1 aliphatic rings. The Hall–Kier alpha value is -2.67. The monoisotopic (exact) mass is 371 g/mol. The Morgan fingerprint density at radius 3 is 3.04 bits per heavy atom. The molecule has 3 aromatic rings. The Kier molecular flexibility index (Phi) is 4.46. The molecule has 2 aromatic heterocycles. The Bertz CT molecular complexity index is 958. The summed E-state index contributed by atoms with van der Waals surface area (Å²) in [5, 5.41) is 18.4. The first-order valence-corrected chi connectivity index (χ1v) is 8.90. The Morgan fingerprint density at radius 2 is 2.23 bits per heavy atom. The number of carboxylic acids is 1. The molecule has 134 valence electrons. The fourth-order valence-corrected chi connectivity index (χ4v) is 3.73. The van der Waals surface area contributed by atoms with Crippen molar-refractivity contribution in [2.45, 2.75) is 19.4 Å². The number of hydrogen-bond donors (Lipinski definition) is 1. The summed E-state index contributed by atoms with van der Waals surface area (Å²) in [6.07, 6.45) is 5.45. The van der Waals surface area contributed by atoms with Gasteiger partial charge in [-0.3, -0.25) is 9.67 Å². The van der Waals surface area contributed by atoms with E-state index in [1.54, 1.807) is 4.68 Å². The number of rotatable bonds is 4. The molecule has 1 atom stereocenters. The van der Waals surface area contributed by atoms with E-state index in [0.29, 0.717) is 17.5 Å². The first-order chi connectivity index (χ1) is 12.6. The molecule has 0 radical (unpaired) electrons. The van der Waals surface area contributed by atoms with Crippen LogP contribution in [0.3, 0.4) is 0 Å². The second-order valence-corrected chi connectivity index (χ2v) is 7.01. The number of fused-ring (bicyclic) bond motifs is 1. The van der Waals surface area contributed by atoms with Gasteiger partial charge < -0.3 is 10.0 Å². The molecular formula is C18H18ClN5O2. The summed E-state index contributed by atoms with van der Waals surface area (Å²) >= 11 is 6.08. The minimum absolute atomic E-state index is 0.0188. The number of piperidine rings is 1. The summed E-state index contributed by atoms with van der Waals surface area (Å²) in [6, 6.07) is 7.82. The van der Waals surface area contributed by atoms with Crippen LogP contribution in [0.25, 0.3) is 10.9 Å². The number of aromatic nitrogens is 4. The molecule has 1 fully saturated rings. The van der Waals surface area contributed by atoms with Crippen molar-refractivity contribution >= 4 is 34.2 Å². The average Bonchev–Trinajstić information content (AvgIpc) is 3.10. The molecule has 3 heterocycles. The number of nitrogens with zero attached hydrogens (tertiary/aromatic N) is 5. The molecule has 1 aliphatic heterocycles. The third-order valence-corrected chi connectivity index (χ3v) is 4.98. The average molecular weight is 372 g/mol. The van der Waals surface area contributed by atoms with Crippen molar-refractivity contribution in [2.24, 2.45) is 5.92 Å². The maximum Gasteiger partial charge on any atom is 0.358 e. The zero-order valence-electron chi connectivity index (χ0n) is 14.0. The summed E-state index contributed by atoms with van der Waals surface area (Å²) in [4.78, 5) is 17.7. The second-order valence-electron chi connectivity index (χ2n) is 6.58. The van der Waals surface area contributed by atoms with Gasteiger partial charge in [-0.1, -0.05) is 16.8 Å². The van der Waals surface area contributed by atoms with Crippen LogP contribution >= 0.6 is 11.6 Å². The van der Waals surface area contributed by atoms with E-state index in [1.807, 2.05) is 30.5 Å². The van der Waals surface area contributed by atoms with E-state index in [9.17, 15) is 4.79 Å². The standard InChI is InChI=1S/C18H18ClN5O2/c19-13-3-4-14-15(8-13)20-6-5-17(14)23-7-1-2-12(9-23)10-24-11-16(18(25)26)21-22-24/h3-6,8,11-12H,1-2,7,9-10H2,(H,25,26). The van der Waals surface area contributed by atoms with E-state index < -0.39 is 5.97 Å². The molecule has 8 heteroatoms. The van der Waals surface area contributed by atoms with Gasteiger partial charge in [-0.25, -0.2) is 4.79 Å². The lowest BCUT2D eigenvalue weighted by Gasteiger charge is -2.35. The molecular weight excluding hydrogens is 354 g/mol. The van der Waals surface area contributed by atoms with Crippen LogP contribution in [0.4, 0.5) is 5.69 Å². The number of anilines is 1. The Balaban J connectivity index is 1.54. The molecule has 26 heavy (non-hydrogen) atoms. The molecule has 1 unspecified atom stereocenters. The lowest BCUT2D eigenvalue weighted by molar-refractivity contribution is 0.0690. The van der Waals surface area contributed by atoms with E-state index in [4.69, 9.17) is 16.7 Å². The largest absolute Gasteiger partial charge is 0.476 e. The Labute approximate surface area is 155 Å². The van der Waals surface area contributed by atoms with Crippen LogP contribution < -0.4 is 4.90 Å². The summed E-state index contributed by atoms with van der Waals surface area (Å²) in [5.74, 6) is -0.675. The van der Waals surface area contributed by atoms with Gasteiger partial charge >= 0.3 is 5.97 Å². The molecule has 0 amide bonds. The first kappa shape index (κ1) is 16.8. The van der Waals surface area contributed by atoms with Crippen LogP contribution in [0.2, 0.25) is 5.02 Å².